The van der Waals surface area contributed by atoms with Crippen molar-refractivity contribution in [2.75, 3.05) is 18.1 Å². The lowest BCUT2D eigenvalue weighted by atomic mass is 10.1. The molecule has 0 aromatic carbocycles. The highest BCUT2D eigenvalue weighted by atomic mass is 32.2. The van der Waals surface area contributed by atoms with Crippen LogP contribution in [0.5, 0.6) is 0 Å². The summed E-state index contributed by atoms with van der Waals surface area (Å²) in [7, 11) is 0. The van der Waals surface area contributed by atoms with Gasteiger partial charge in [0.05, 0.1) is 6.07 Å². The second-order valence-electron chi connectivity index (χ2n) is 3.55. The molecule has 86 valence electrons. The monoisotopic (exact) mass is 238 g/mol. The van der Waals surface area contributed by atoms with E-state index in [1.54, 1.807) is 11.8 Å². The largest absolute Gasteiger partial charge is 0.405 e. The predicted molar refractivity (Wildman–Crippen MR) is 53.5 cm³/mol. The Morgan fingerprint density at radius 2 is 2.27 bits per heavy atom. The number of hydrogen-bond donors (Lipinski definition) is 1. The molecule has 2 atom stereocenters. The zero-order chi connectivity index (χ0) is 11.3. The Morgan fingerprint density at radius 3 is 2.73 bits per heavy atom. The van der Waals surface area contributed by atoms with Gasteiger partial charge in [0.1, 0.15) is 0 Å². The van der Waals surface area contributed by atoms with E-state index >= 15 is 0 Å². The summed E-state index contributed by atoms with van der Waals surface area (Å²) in [6.07, 6.45) is -2.47. The number of nitrogens with one attached hydrogen (secondary N) is 1. The fourth-order valence-electron chi connectivity index (χ4n) is 1.42. The van der Waals surface area contributed by atoms with Gasteiger partial charge in [-0.15, -0.1) is 0 Å². The highest BCUT2D eigenvalue weighted by Crippen LogP contribution is 2.25. The zero-order valence-corrected chi connectivity index (χ0v) is 9.00. The SMILES string of the molecule is N#CC(CNC1CCCSC1)C(F)(F)F. The molecule has 6 heteroatoms. The Morgan fingerprint density at radius 1 is 1.53 bits per heavy atom. The Kier molecular flexibility index (Phi) is 4.74. The molecule has 0 radical (unpaired) electrons. The first-order valence-corrected chi connectivity index (χ1v) is 5.97. The third kappa shape index (κ3) is 4.31. The first-order chi connectivity index (χ1) is 7.04. The summed E-state index contributed by atoms with van der Waals surface area (Å²) in [6, 6.07) is 1.41. The Balaban J connectivity index is 2.31. The summed E-state index contributed by atoms with van der Waals surface area (Å²) >= 11 is 1.74. The number of alkyl halides is 3. The Hall–Kier alpha value is -0.410. The summed E-state index contributed by atoms with van der Waals surface area (Å²) in [4.78, 5) is 0. The molecule has 0 saturated carbocycles. The molecule has 0 aromatic heterocycles. The van der Waals surface area contributed by atoms with E-state index in [0.717, 1.165) is 24.3 Å². The van der Waals surface area contributed by atoms with Crippen molar-refractivity contribution in [3.05, 3.63) is 0 Å². The van der Waals surface area contributed by atoms with Crippen LogP contribution in [-0.4, -0.2) is 30.3 Å². The minimum Gasteiger partial charge on any atom is -0.312 e. The fraction of sp³-hybridized carbons (Fsp3) is 0.889. The van der Waals surface area contributed by atoms with E-state index in [2.05, 4.69) is 5.32 Å². The zero-order valence-electron chi connectivity index (χ0n) is 8.18. The third-order valence-corrected chi connectivity index (χ3v) is 3.54. The quantitative estimate of drug-likeness (QED) is 0.818. The smallest absolute Gasteiger partial charge is 0.312 e. The molecular weight excluding hydrogens is 225 g/mol. The van der Waals surface area contributed by atoms with Gasteiger partial charge in [-0.1, -0.05) is 0 Å². The summed E-state index contributed by atoms with van der Waals surface area (Å²) in [6.45, 7) is -0.286. The van der Waals surface area contributed by atoms with Gasteiger partial charge in [-0.3, -0.25) is 0 Å². The maximum atomic E-state index is 12.2. The molecule has 1 heterocycles. The van der Waals surface area contributed by atoms with Crippen LogP contribution in [0.4, 0.5) is 13.2 Å². The van der Waals surface area contributed by atoms with Gasteiger partial charge in [0.15, 0.2) is 5.92 Å². The molecule has 15 heavy (non-hydrogen) atoms. The highest BCUT2D eigenvalue weighted by molar-refractivity contribution is 7.99. The highest BCUT2D eigenvalue weighted by Gasteiger charge is 2.39. The van der Waals surface area contributed by atoms with E-state index in [1.807, 2.05) is 0 Å². The molecule has 1 aliphatic heterocycles. The minimum atomic E-state index is -4.41. The van der Waals surface area contributed by atoms with Crippen molar-refractivity contribution in [2.45, 2.75) is 25.1 Å². The summed E-state index contributed by atoms with van der Waals surface area (Å²) in [5.74, 6) is 0.0409. The van der Waals surface area contributed by atoms with Gasteiger partial charge in [-0.2, -0.15) is 30.2 Å². The number of halogens is 3. The van der Waals surface area contributed by atoms with E-state index in [4.69, 9.17) is 5.26 Å². The summed E-state index contributed by atoms with van der Waals surface area (Å²) < 4.78 is 36.6. The van der Waals surface area contributed by atoms with Crippen molar-refractivity contribution in [3.63, 3.8) is 0 Å². The van der Waals surface area contributed by atoms with E-state index in [1.165, 1.54) is 6.07 Å². The van der Waals surface area contributed by atoms with Crippen LogP contribution in [0.15, 0.2) is 0 Å². The number of nitrogens with zero attached hydrogens (tertiary/aromatic N) is 1. The normalized spacial score (nSPS) is 24.5. The third-order valence-electron chi connectivity index (χ3n) is 2.32. The number of nitriles is 1. The lowest BCUT2D eigenvalue weighted by Gasteiger charge is -2.24. The maximum Gasteiger partial charge on any atom is 0.405 e. The molecule has 2 nitrogen and oxygen atoms in total. The van der Waals surface area contributed by atoms with Crippen LogP contribution in [0.3, 0.4) is 0 Å². The molecule has 1 rings (SSSR count). The Bertz CT molecular complexity index is 230. The Labute approximate surface area is 91.2 Å². The predicted octanol–water partition coefficient (Wildman–Crippen LogP) is 2.17. The number of rotatable bonds is 3. The number of thioether (sulfide) groups is 1. The molecular formula is C9H13F3N2S. The second-order valence-corrected chi connectivity index (χ2v) is 4.70. The van der Waals surface area contributed by atoms with Crippen molar-refractivity contribution in [1.29, 1.82) is 5.26 Å². The van der Waals surface area contributed by atoms with Crippen LogP contribution in [0.2, 0.25) is 0 Å². The summed E-state index contributed by atoms with van der Waals surface area (Å²) in [5.41, 5.74) is 0. The van der Waals surface area contributed by atoms with Crippen molar-refractivity contribution in [1.82, 2.24) is 5.32 Å². The maximum absolute atomic E-state index is 12.2. The average molecular weight is 238 g/mol. The molecule has 0 spiro atoms. The van der Waals surface area contributed by atoms with Crippen molar-refractivity contribution < 1.29 is 13.2 Å². The van der Waals surface area contributed by atoms with Crippen LogP contribution >= 0.6 is 11.8 Å². The fourth-order valence-corrected chi connectivity index (χ4v) is 2.53. The van der Waals surface area contributed by atoms with Gasteiger partial charge in [-0.25, -0.2) is 0 Å². The lowest BCUT2D eigenvalue weighted by Crippen LogP contribution is -2.40. The van der Waals surface area contributed by atoms with Crippen LogP contribution in [-0.2, 0) is 0 Å². The van der Waals surface area contributed by atoms with Gasteiger partial charge >= 0.3 is 6.18 Å². The summed E-state index contributed by atoms with van der Waals surface area (Å²) in [5, 5.41) is 11.2. The molecule has 0 aliphatic carbocycles. The van der Waals surface area contributed by atoms with E-state index in [-0.39, 0.29) is 12.6 Å². The molecule has 1 saturated heterocycles. The van der Waals surface area contributed by atoms with Crippen LogP contribution in [0, 0.1) is 17.2 Å². The minimum absolute atomic E-state index is 0.127. The van der Waals surface area contributed by atoms with E-state index in [0.29, 0.717) is 0 Å². The second kappa shape index (κ2) is 5.61. The molecule has 2 unspecified atom stereocenters. The topological polar surface area (TPSA) is 35.8 Å². The van der Waals surface area contributed by atoms with Crippen LogP contribution in [0.1, 0.15) is 12.8 Å². The molecule has 1 aliphatic rings. The van der Waals surface area contributed by atoms with Gasteiger partial charge < -0.3 is 5.32 Å². The van der Waals surface area contributed by atoms with Gasteiger partial charge in [-0.05, 0) is 18.6 Å². The first kappa shape index (κ1) is 12.7. The molecule has 1 N–H and O–H groups in total. The van der Waals surface area contributed by atoms with Crippen molar-refractivity contribution in [3.8, 4) is 6.07 Å². The van der Waals surface area contributed by atoms with Gasteiger partial charge in [0.25, 0.3) is 0 Å². The van der Waals surface area contributed by atoms with Crippen molar-refractivity contribution >= 4 is 11.8 Å². The van der Waals surface area contributed by atoms with E-state index < -0.39 is 12.1 Å². The lowest BCUT2D eigenvalue weighted by molar-refractivity contribution is -0.157. The average Bonchev–Trinajstić information content (AvgIpc) is 2.18. The number of hydrogen-bond acceptors (Lipinski definition) is 3. The molecule has 0 bridgehead atoms. The molecule has 0 amide bonds. The molecule has 1 fully saturated rings. The van der Waals surface area contributed by atoms with Gasteiger partial charge in [0.2, 0.25) is 0 Å². The first-order valence-electron chi connectivity index (χ1n) is 4.81. The van der Waals surface area contributed by atoms with Crippen LogP contribution < -0.4 is 5.32 Å². The standard InChI is InChI=1S/C9H13F3N2S/c10-9(11,12)7(4-13)5-14-8-2-1-3-15-6-8/h7-8,14H,1-3,5-6H2. The molecule has 0 aromatic rings. The van der Waals surface area contributed by atoms with Crippen LogP contribution in [0.25, 0.3) is 0 Å². The van der Waals surface area contributed by atoms with Crippen molar-refractivity contribution in [2.24, 2.45) is 5.92 Å². The van der Waals surface area contributed by atoms with E-state index in [9.17, 15) is 13.2 Å². The van der Waals surface area contributed by atoms with Gasteiger partial charge in [0, 0.05) is 18.3 Å².